The van der Waals surface area contributed by atoms with E-state index in [0.717, 1.165) is 49.7 Å². The molecule has 0 bridgehead atoms. The van der Waals surface area contributed by atoms with Gasteiger partial charge in [0.25, 0.3) is 0 Å². The highest BCUT2D eigenvalue weighted by molar-refractivity contribution is 5.62. The Bertz CT molecular complexity index is 747. The van der Waals surface area contributed by atoms with Crippen LogP contribution in [-0.2, 0) is 11.8 Å². The summed E-state index contributed by atoms with van der Waals surface area (Å²) in [5.74, 6) is 2.62. The monoisotopic (exact) mass is 339 g/mol. The molecule has 0 unspecified atom stereocenters. The van der Waals surface area contributed by atoms with Crippen molar-refractivity contribution < 1.29 is 9.47 Å². The van der Waals surface area contributed by atoms with Gasteiger partial charge in [0.05, 0.1) is 6.04 Å². The third-order valence-electron chi connectivity index (χ3n) is 5.11. The molecule has 1 fully saturated rings. The summed E-state index contributed by atoms with van der Waals surface area (Å²) in [7, 11) is 2.07. The Morgan fingerprint density at radius 2 is 2.12 bits per heavy atom. The van der Waals surface area contributed by atoms with E-state index in [0.29, 0.717) is 12.5 Å². The molecule has 1 atom stereocenters. The summed E-state index contributed by atoms with van der Waals surface area (Å²) in [6.07, 6.45) is 8.28. The normalized spacial score (nSPS) is 19.0. The minimum absolute atomic E-state index is 0.238. The fourth-order valence-electron chi connectivity index (χ4n) is 3.70. The molecule has 3 heterocycles. The Morgan fingerprint density at radius 3 is 2.92 bits per heavy atom. The third-order valence-corrected chi connectivity index (χ3v) is 5.11. The van der Waals surface area contributed by atoms with Gasteiger partial charge < -0.3 is 19.4 Å². The predicted octanol–water partition coefficient (Wildman–Crippen LogP) is 2.95. The highest BCUT2D eigenvalue weighted by atomic mass is 16.5. The first kappa shape index (κ1) is 16.4. The number of aromatic nitrogens is 2. The van der Waals surface area contributed by atoms with Crippen LogP contribution in [0.1, 0.15) is 30.3 Å². The number of nitrogens with one attached hydrogen (secondary N) is 1. The van der Waals surface area contributed by atoms with Crippen LogP contribution < -0.4 is 10.1 Å². The van der Waals surface area contributed by atoms with Crippen LogP contribution in [0.25, 0.3) is 6.08 Å². The third kappa shape index (κ3) is 3.62. The zero-order valence-electron chi connectivity index (χ0n) is 14.6. The summed E-state index contributed by atoms with van der Waals surface area (Å²) in [5.41, 5.74) is 2.43. The minimum atomic E-state index is 0.238. The van der Waals surface area contributed by atoms with E-state index in [1.807, 2.05) is 30.6 Å². The second-order valence-electron chi connectivity index (χ2n) is 6.83. The maximum absolute atomic E-state index is 5.88. The molecule has 4 rings (SSSR count). The van der Waals surface area contributed by atoms with E-state index < -0.39 is 0 Å². The van der Waals surface area contributed by atoms with E-state index in [4.69, 9.17) is 9.47 Å². The first-order chi connectivity index (χ1) is 12.3. The number of nitrogens with zero attached hydrogens (tertiary/aromatic N) is 2. The van der Waals surface area contributed by atoms with Gasteiger partial charge in [0.2, 0.25) is 0 Å². The maximum Gasteiger partial charge on any atom is 0.127 e. The van der Waals surface area contributed by atoms with Crippen LogP contribution in [0.4, 0.5) is 0 Å². The molecule has 0 aliphatic carbocycles. The second-order valence-corrected chi connectivity index (χ2v) is 6.83. The number of imidazole rings is 1. The molecule has 1 N–H and O–H groups in total. The molecule has 5 heteroatoms. The van der Waals surface area contributed by atoms with E-state index in [2.05, 4.69) is 34.1 Å². The van der Waals surface area contributed by atoms with Crippen LogP contribution in [0.5, 0.6) is 5.75 Å². The molecular formula is C20H25N3O2. The number of hydrogen-bond acceptors (Lipinski definition) is 4. The highest BCUT2D eigenvalue weighted by Crippen LogP contribution is 2.30. The Balaban J connectivity index is 1.50. The Morgan fingerprint density at radius 1 is 1.28 bits per heavy atom. The van der Waals surface area contributed by atoms with Gasteiger partial charge in [0, 0.05) is 44.8 Å². The van der Waals surface area contributed by atoms with Gasteiger partial charge >= 0.3 is 0 Å². The van der Waals surface area contributed by atoms with Crippen molar-refractivity contribution in [2.75, 3.05) is 26.4 Å². The molecule has 0 radical (unpaired) electrons. The SMILES string of the molecule is Cn1ccnc1[C@@H](NCC1=Cc2ccccc2OC1)C1CCOCC1. The summed E-state index contributed by atoms with van der Waals surface area (Å²) >= 11 is 0. The first-order valence-corrected chi connectivity index (χ1v) is 9.01. The van der Waals surface area contributed by atoms with Crippen LogP contribution in [0.15, 0.2) is 42.2 Å². The number of rotatable bonds is 5. The summed E-state index contributed by atoms with van der Waals surface area (Å²) in [6, 6.07) is 8.42. The molecule has 1 aromatic heterocycles. The Labute approximate surface area is 148 Å². The Kier molecular flexibility index (Phi) is 4.85. The summed E-state index contributed by atoms with van der Waals surface area (Å²) in [5, 5.41) is 3.75. The lowest BCUT2D eigenvalue weighted by Crippen LogP contribution is -2.35. The number of hydrogen-bond donors (Lipinski definition) is 1. The van der Waals surface area contributed by atoms with Crippen LogP contribution in [-0.4, -0.2) is 35.9 Å². The summed E-state index contributed by atoms with van der Waals surface area (Å²) in [4.78, 5) is 4.60. The fourth-order valence-corrected chi connectivity index (χ4v) is 3.70. The van der Waals surface area contributed by atoms with Crippen molar-refractivity contribution in [3.63, 3.8) is 0 Å². The highest BCUT2D eigenvalue weighted by Gasteiger charge is 2.28. The van der Waals surface area contributed by atoms with E-state index in [1.54, 1.807) is 0 Å². The fraction of sp³-hybridized carbons (Fsp3) is 0.450. The molecule has 5 nitrogen and oxygen atoms in total. The first-order valence-electron chi connectivity index (χ1n) is 9.01. The second kappa shape index (κ2) is 7.42. The Hall–Kier alpha value is -2.11. The molecule has 0 spiro atoms. The molecule has 2 aromatic rings. The lowest BCUT2D eigenvalue weighted by Gasteiger charge is -2.31. The van der Waals surface area contributed by atoms with E-state index >= 15 is 0 Å². The molecule has 1 saturated heterocycles. The largest absolute Gasteiger partial charge is 0.489 e. The smallest absolute Gasteiger partial charge is 0.127 e. The van der Waals surface area contributed by atoms with Crippen LogP contribution in [0, 0.1) is 5.92 Å². The van der Waals surface area contributed by atoms with Gasteiger partial charge in [-0.25, -0.2) is 4.98 Å². The number of fused-ring (bicyclic) bond motifs is 1. The molecule has 2 aliphatic rings. The number of aryl methyl sites for hydroxylation is 1. The molecule has 0 amide bonds. The average molecular weight is 339 g/mol. The van der Waals surface area contributed by atoms with Crippen molar-refractivity contribution in [2.45, 2.75) is 18.9 Å². The molecular weight excluding hydrogens is 314 g/mol. The van der Waals surface area contributed by atoms with E-state index in [9.17, 15) is 0 Å². The summed E-state index contributed by atoms with van der Waals surface area (Å²) < 4.78 is 13.5. The number of para-hydroxylation sites is 1. The zero-order chi connectivity index (χ0) is 17.1. The minimum Gasteiger partial charge on any atom is -0.489 e. The van der Waals surface area contributed by atoms with Crippen molar-refractivity contribution in [2.24, 2.45) is 13.0 Å². The van der Waals surface area contributed by atoms with E-state index in [-0.39, 0.29) is 6.04 Å². The molecule has 0 saturated carbocycles. The van der Waals surface area contributed by atoms with Gasteiger partial charge in [-0.1, -0.05) is 18.2 Å². The van der Waals surface area contributed by atoms with Crippen molar-refractivity contribution in [1.29, 1.82) is 0 Å². The van der Waals surface area contributed by atoms with Gasteiger partial charge in [-0.2, -0.15) is 0 Å². The number of benzene rings is 1. The van der Waals surface area contributed by atoms with Crippen LogP contribution in [0.3, 0.4) is 0 Å². The van der Waals surface area contributed by atoms with Crippen LogP contribution in [0.2, 0.25) is 0 Å². The van der Waals surface area contributed by atoms with Gasteiger partial charge in [0.1, 0.15) is 18.2 Å². The summed E-state index contributed by atoms with van der Waals surface area (Å²) in [6.45, 7) is 3.13. The maximum atomic E-state index is 5.88. The van der Waals surface area contributed by atoms with Gasteiger partial charge in [-0.05, 0) is 36.5 Å². The van der Waals surface area contributed by atoms with Crippen molar-refractivity contribution in [3.05, 3.63) is 53.6 Å². The lowest BCUT2D eigenvalue weighted by molar-refractivity contribution is 0.0524. The topological polar surface area (TPSA) is 48.3 Å². The average Bonchev–Trinajstić information content (AvgIpc) is 3.08. The standard InChI is InChI=1S/C20H25N3O2/c1-23-9-8-21-20(23)19(16-6-10-24-11-7-16)22-13-15-12-17-4-2-3-5-18(17)25-14-15/h2-5,8-9,12,16,19,22H,6-7,10-11,13-14H2,1H3/t19-/m0/s1. The van der Waals surface area contributed by atoms with Gasteiger partial charge in [-0.15, -0.1) is 0 Å². The van der Waals surface area contributed by atoms with Crippen LogP contribution >= 0.6 is 0 Å². The van der Waals surface area contributed by atoms with E-state index in [1.165, 1.54) is 5.57 Å². The molecule has 132 valence electrons. The molecule has 25 heavy (non-hydrogen) atoms. The number of ether oxygens (including phenoxy) is 2. The lowest BCUT2D eigenvalue weighted by atomic mass is 9.90. The van der Waals surface area contributed by atoms with Gasteiger partial charge in [-0.3, -0.25) is 0 Å². The van der Waals surface area contributed by atoms with Crippen molar-refractivity contribution in [3.8, 4) is 5.75 Å². The van der Waals surface area contributed by atoms with Crippen molar-refractivity contribution in [1.82, 2.24) is 14.9 Å². The van der Waals surface area contributed by atoms with Gasteiger partial charge in [0.15, 0.2) is 0 Å². The molecule has 1 aromatic carbocycles. The molecule has 2 aliphatic heterocycles. The van der Waals surface area contributed by atoms with Crippen molar-refractivity contribution >= 4 is 6.08 Å². The zero-order valence-corrected chi connectivity index (χ0v) is 14.6. The quantitative estimate of drug-likeness (QED) is 0.910. The predicted molar refractivity (Wildman–Crippen MR) is 97.4 cm³/mol.